The first kappa shape index (κ1) is 10.0. The summed E-state index contributed by atoms with van der Waals surface area (Å²) >= 11 is 0. The van der Waals surface area contributed by atoms with Gasteiger partial charge in [0.1, 0.15) is 0 Å². The van der Waals surface area contributed by atoms with E-state index in [-0.39, 0.29) is 5.97 Å². The van der Waals surface area contributed by atoms with Crippen LogP contribution in [0.1, 0.15) is 23.2 Å². The van der Waals surface area contributed by atoms with Crippen molar-refractivity contribution in [3.63, 3.8) is 0 Å². The Bertz CT molecular complexity index is 341. The molecule has 0 atom stereocenters. The van der Waals surface area contributed by atoms with Gasteiger partial charge in [-0.3, -0.25) is 0 Å². The van der Waals surface area contributed by atoms with E-state index in [2.05, 4.69) is 10.1 Å². The SMILES string of the molecule is COC(=O)c1ccc(NCC2CC2)cc1. The van der Waals surface area contributed by atoms with E-state index in [4.69, 9.17) is 0 Å². The maximum absolute atomic E-state index is 11.2. The average molecular weight is 205 g/mol. The molecule has 1 aliphatic rings. The molecule has 0 heterocycles. The highest BCUT2D eigenvalue weighted by Gasteiger charge is 2.20. The van der Waals surface area contributed by atoms with Crippen LogP contribution in [0.3, 0.4) is 0 Å². The highest BCUT2D eigenvalue weighted by Crippen LogP contribution is 2.28. The lowest BCUT2D eigenvalue weighted by atomic mass is 10.2. The summed E-state index contributed by atoms with van der Waals surface area (Å²) < 4.78 is 4.62. The summed E-state index contributed by atoms with van der Waals surface area (Å²) in [4.78, 5) is 11.2. The first-order chi connectivity index (χ1) is 7.29. The Morgan fingerprint density at radius 1 is 1.40 bits per heavy atom. The molecule has 1 saturated carbocycles. The highest BCUT2D eigenvalue weighted by atomic mass is 16.5. The van der Waals surface area contributed by atoms with Crippen molar-refractivity contribution in [2.75, 3.05) is 19.0 Å². The van der Waals surface area contributed by atoms with Crippen molar-refractivity contribution in [3.8, 4) is 0 Å². The Balaban J connectivity index is 1.93. The molecule has 0 amide bonds. The fourth-order valence-corrected chi connectivity index (χ4v) is 1.43. The van der Waals surface area contributed by atoms with Gasteiger partial charge in [0, 0.05) is 12.2 Å². The Morgan fingerprint density at radius 3 is 2.60 bits per heavy atom. The molecule has 0 aromatic heterocycles. The number of benzene rings is 1. The highest BCUT2D eigenvalue weighted by molar-refractivity contribution is 5.89. The van der Waals surface area contributed by atoms with Crippen LogP contribution in [0.4, 0.5) is 5.69 Å². The molecule has 1 aliphatic carbocycles. The van der Waals surface area contributed by atoms with Crippen LogP contribution in [0, 0.1) is 5.92 Å². The fraction of sp³-hybridized carbons (Fsp3) is 0.417. The smallest absolute Gasteiger partial charge is 0.337 e. The molecule has 15 heavy (non-hydrogen) atoms. The monoisotopic (exact) mass is 205 g/mol. The Morgan fingerprint density at radius 2 is 2.07 bits per heavy atom. The molecule has 3 nitrogen and oxygen atoms in total. The molecule has 0 radical (unpaired) electrons. The maximum atomic E-state index is 11.2. The summed E-state index contributed by atoms with van der Waals surface area (Å²) in [5.74, 6) is 0.564. The number of hydrogen-bond acceptors (Lipinski definition) is 3. The third-order valence-electron chi connectivity index (χ3n) is 2.60. The molecular weight excluding hydrogens is 190 g/mol. The zero-order chi connectivity index (χ0) is 10.7. The number of ether oxygens (including phenoxy) is 1. The molecule has 0 bridgehead atoms. The van der Waals surface area contributed by atoms with Gasteiger partial charge in [-0.1, -0.05) is 0 Å². The molecule has 0 unspecified atom stereocenters. The summed E-state index contributed by atoms with van der Waals surface area (Å²) in [6.07, 6.45) is 2.68. The quantitative estimate of drug-likeness (QED) is 0.766. The lowest BCUT2D eigenvalue weighted by molar-refractivity contribution is 0.0601. The molecule has 80 valence electrons. The zero-order valence-corrected chi connectivity index (χ0v) is 8.82. The predicted octanol–water partition coefficient (Wildman–Crippen LogP) is 2.30. The lowest BCUT2D eigenvalue weighted by Gasteiger charge is -2.05. The number of hydrogen-bond donors (Lipinski definition) is 1. The zero-order valence-electron chi connectivity index (χ0n) is 8.82. The van der Waals surface area contributed by atoms with Gasteiger partial charge in [-0.15, -0.1) is 0 Å². The topological polar surface area (TPSA) is 38.3 Å². The molecule has 1 fully saturated rings. The summed E-state index contributed by atoms with van der Waals surface area (Å²) in [6, 6.07) is 7.38. The van der Waals surface area contributed by atoms with Crippen LogP contribution >= 0.6 is 0 Å². The third kappa shape index (κ3) is 2.72. The minimum atomic E-state index is -0.288. The van der Waals surface area contributed by atoms with E-state index in [9.17, 15) is 4.79 Å². The third-order valence-corrected chi connectivity index (χ3v) is 2.60. The van der Waals surface area contributed by atoms with Crippen molar-refractivity contribution in [1.82, 2.24) is 0 Å². The van der Waals surface area contributed by atoms with Crippen LogP contribution in [-0.2, 0) is 4.74 Å². The maximum Gasteiger partial charge on any atom is 0.337 e. The number of carbonyl (C=O) groups is 1. The molecule has 1 N–H and O–H groups in total. The van der Waals surface area contributed by atoms with Crippen molar-refractivity contribution in [2.24, 2.45) is 5.92 Å². The van der Waals surface area contributed by atoms with Gasteiger partial charge in [-0.2, -0.15) is 0 Å². The van der Waals surface area contributed by atoms with Gasteiger partial charge < -0.3 is 10.1 Å². The molecule has 0 saturated heterocycles. The Hall–Kier alpha value is -1.51. The standard InChI is InChI=1S/C12H15NO2/c1-15-12(14)10-4-6-11(7-5-10)13-8-9-2-3-9/h4-7,9,13H,2-3,8H2,1H3. The minimum absolute atomic E-state index is 0.288. The van der Waals surface area contributed by atoms with Crippen molar-refractivity contribution < 1.29 is 9.53 Å². The molecule has 2 rings (SSSR count). The second-order valence-corrected chi connectivity index (χ2v) is 3.89. The van der Waals surface area contributed by atoms with E-state index >= 15 is 0 Å². The van der Waals surface area contributed by atoms with Crippen molar-refractivity contribution in [3.05, 3.63) is 29.8 Å². The molecule has 3 heteroatoms. The van der Waals surface area contributed by atoms with E-state index in [1.165, 1.54) is 20.0 Å². The van der Waals surface area contributed by atoms with Crippen LogP contribution in [-0.4, -0.2) is 19.6 Å². The van der Waals surface area contributed by atoms with E-state index in [1.807, 2.05) is 12.1 Å². The van der Waals surface area contributed by atoms with Gasteiger partial charge >= 0.3 is 5.97 Å². The Labute approximate surface area is 89.4 Å². The number of carbonyl (C=O) groups excluding carboxylic acids is 1. The number of methoxy groups -OCH3 is 1. The number of esters is 1. The van der Waals surface area contributed by atoms with Crippen LogP contribution in [0.15, 0.2) is 24.3 Å². The lowest BCUT2D eigenvalue weighted by Crippen LogP contribution is -2.04. The van der Waals surface area contributed by atoms with Crippen LogP contribution in [0.2, 0.25) is 0 Å². The first-order valence-electron chi connectivity index (χ1n) is 5.22. The van der Waals surface area contributed by atoms with Crippen LogP contribution in [0.25, 0.3) is 0 Å². The summed E-state index contributed by atoms with van der Waals surface area (Å²) in [7, 11) is 1.39. The van der Waals surface area contributed by atoms with Gasteiger partial charge in [0.05, 0.1) is 12.7 Å². The summed E-state index contributed by atoms with van der Waals surface area (Å²) in [5, 5.41) is 3.34. The predicted molar refractivity (Wildman–Crippen MR) is 59.0 cm³/mol. The van der Waals surface area contributed by atoms with Gasteiger partial charge in [-0.05, 0) is 43.0 Å². The summed E-state index contributed by atoms with van der Waals surface area (Å²) in [5.41, 5.74) is 1.66. The Kier molecular flexibility index (Phi) is 2.90. The number of nitrogens with one attached hydrogen (secondary N) is 1. The second-order valence-electron chi connectivity index (χ2n) is 3.89. The van der Waals surface area contributed by atoms with E-state index in [0.717, 1.165) is 18.2 Å². The van der Waals surface area contributed by atoms with Gasteiger partial charge in [0.2, 0.25) is 0 Å². The largest absolute Gasteiger partial charge is 0.465 e. The number of rotatable bonds is 4. The van der Waals surface area contributed by atoms with Crippen molar-refractivity contribution in [2.45, 2.75) is 12.8 Å². The molecule has 1 aromatic carbocycles. The van der Waals surface area contributed by atoms with Gasteiger partial charge in [0.25, 0.3) is 0 Å². The van der Waals surface area contributed by atoms with Crippen molar-refractivity contribution >= 4 is 11.7 Å². The van der Waals surface area contributed by atoms with E-state index in [1.54, 1.807) is 12.1 Å². The van der Waals surface area contributed by atoms with Crippen LogP contribution in [0.5, 0.6) is 0 Å². The molecule has 0 spiro atoms. The normalized spacial score (nSPS) is 14.7. The number of anilines is 1. The first-order valence-corrected chi connectivity index (χ1v) is 5.22. The van der Waals surface area contributed by atoms with Gasteiger partial charge in [-0.25, -0.2) is 4.79 Å². The second kappa shape index (κ2) is 4.34. The average Bonchev–Trinajstić information content (AvgIpc) is 3.10. The van der Waals surface area contributed by atoms with Crippen LogP contribution < -0.4 is 5.32 Å². The molecular formula is C12H15NO2. The van der Waals surface area contributed by atoms with Crippen molar-refractivity contribution in [1.29, 1.82) is 0 Å². The molecule has 0 aliphatic heterocycles. The van der Waals surface area contributed by atoms with E-state index in [0.29, 0.717) is 5.56 Å². The fourth-order valence-electron chi connectivity index (χ4n) is 1.43. The van der Waals surface area contributed by atoms with Gasteiger partial charge in [0.15, 0.2) is 0 Å². The summed E-state index contributed by atoms with van der Waals surface area (Å²) in [6.45, 7) is 1.04. The molecule has 1 aromatic rings. The van der Waals surface area contributed by atoms with E-state index < -0.39 is 0 Å². The minimum Gasteiger partial charge on any atom is -0.465 e.